The van der Waals surface area contributed by atoms with E-state index in [0.717, 1.165) is 0 Å². The van der Waals surface area contributed by atoms with Crippen molar-refractivity contribution in [3.8, 4) is 0 Å². The monoisotopic (exact) mass is 482 g/mol. The molecule has 0 saturated carbocycles. The van der Waals surface area contributed by atoms with Gasteiger partial charge in [0.05, 0.1) is 24.4 Å². The summed E-state index contributed by atoms with van der Waals surface area (Å²) in [6.45, 7) is 14.2. The first-order valence-electron chi connectivity index (χ1n) is 12.2. The van der Waals surface area contributed by atoms with Gasteiger partial charge in [-0.05, 0) is 47.5 Å². The maximum absolute atomic E-state index is 10.8. The zero-order chi connectivity index (χ0) is 25.2. The molecule has 4 nitrogen and oxygen atoms in total. The molecular formula is C29H42O4Si. The maximum atomic E-state index is 10.8. The van der Waals surface area contributed by atoms with Gasteiger partial charge in [0.1, 0.15) is 0 Å². The Morgan fingerprint density at radius 1 is 0.735 bits per heavy atom. The Bertz CT molecular complexity index is 823. The van der Waals surface area contributed by atoms with E-state index >= 15 is 0 Å². The van der Waals surface area contributed by atoms with Gasteiger partial charge in [-0.15, -0.1) is 13.2 Å². The molecule has 0 aliphatic rings. The lowest BCUT2D eigenvalue weighted by Gasteiger charge is -2.45. The molecule has 0 spiro atoms. The molecule has 0 heterocycles. The Balaban J connectivity index is 2.35. The lowest BCUT2D eigenvalue weighted by atomic mass is 9.99. The van der Waals surface area contributed by atoms with Crippen LogP contribution in [0.25, 0.3) is 0 Å². The summed E-state index contributed by atoms with van der Waals surface area (Å²) in [6, 6.07) is 20.8. The van der Waals surface area contributed by atoms with Gasteiger partial charge < -0.3 is 19.7 Å². The number of rotatable bonds is 14. The minimum Gasteiger partial charge on any atom is -0.404 e. The van der Waals surface area contributed by atoms with Crippen molar-refractivity contribution in [3.63, 3.8) is 0 Å². The second-order valence-corrected chi connectivity index (χ2v) is 14.4. The predicted octanol–water partition coefficient (Wildman–Crippen LogP) is 4.34. The lowest BCUT2D eigenvalue weighted by Crippen LogP contribution is -2.67. The van der Waals surface area contributed by atoms with Gasteiger partial charge in [-0.3, -0.25) is 0 Å². The van der Waals surface area contributed by atoms with Crippen LogP contribution in [0, 0.1) is 0 Å². The number of hydrogen-bond donors (Lipinski definition) is 3. The third-order valence-electron chi connectivity index (χ3n) is 6.25. The molecule has 0 fully saturated rings. The average Bonchev–Trinajstić information content (AvgIpc) is 2.77. The molecule has 0 amide bonds. The van der Waals surface area contributed by atoms with Crippen molar-refractivity contribution in [1.29, 1.82) is 0 Å². The smallest absolute Gasteiger partial charge is 0.261 e. The van der Waals surface area contributed by atoms with Gasteiger partial charge in [0.2, 0.25) is 0 Å². The Morgan fingerprint density at radius 3 is 1.62 bits per heavy atom. The highest BCUT2D eigenvalue weighted by Gasteiger charge is 2.51. The molecular weight excluding hydrogens is 440 g/mol. The molecule has 4 atom stereocenters. The third-order valence-corrected chi connectivity index (χ3v) is 11.3. The number of aliphatic hydroxyl groups is 3. The van der Waals surface area contributed by atoms with E-state index in [2.05, 4.69) is 82.5 Å². The zero-order valence-electron chi connectivity index (χ0n) is 20.9. The minimum absolute atomic E-state index is 0.172. The fourth-order valence-corrected chi connectivity index (χ4v) is 9.44. The third kappa shape index (κ3) is 7.49. The fraction of sp³-hybridized carbons (Fsp3) is 0.448. The molecule has 2 rings (SSSR count). The second-order valence-electron chi connectivity index (χ2n) is 10.1. The molecule has 2 aromatic carbocycles. The van der Waals surface area contributed by atoms with Crippen molar-refractivity contribution in [2.75, 3.05) is 0 Å². The van der Waals surface area contributed by atoms with Crippen LogP contribution < -0.4 is 10.4 Å². The highest BCUT2D eigenvalue weighted by atomic mass is 28.4. The molecule has 2 aromatic rings. The van der Waals surface area contributed by atoms with Crippen LogP contribution >= 0.6 is 0 Å². The normalized spacial score (nSPS) is 15.8. The SMILES string of the molecule is C=CC[C@@H](O)C[C@H](O)C[C@H](O)C[C@@H](CC=C)O[Si](c1ccccc1)(c1ccccc1)C(C)(C)C. The summed E-state index contributed by atoms with van der Waals surface area (Å²) in [5.41, 5.74) is 0. The quantitative estimate of drug-likeness (QED) is 0.277. The van der Waals surface area contributed by atoms with Crippen LogP contribution in [0.5, 0.6) is 0 Å². The van der Waals surface area contributed by atoms with E-state index in [9.17, 15) is 15.3 Å². The summed E-state index contributed by atoms with van der Waals surface area (Å²) in [6.07, 6.45) is 2.80. The van der Waals surface area contributed by atoms with Gasteiger partial charge >= 0.3 is 0 Å². The molecule has 0 saturated heterocycles. The summed E-state index contributed by atoms with van der Waals surface area (Å²) >= 11 is 0. The van der Waals surface area contributed by atoms with E-state index in [1.54, 1.807) is 6.08 Å². The molecule has 0 radical (unpaired) electrons. The van der Waals surface area contributed by atoms with Crippen LogP contribution in [0.4, 0.5) is 0 Å². The maximum Gasteiger partial charge on any atom is 0.261 e. The largest absolute Gasteiger partial charge is 0.404 e. The van der Waals surface area contributed by atoms with E-state index in [1.807, 2.05) is 18.2 Å². The van der Waals surface area contributed by atoms with Crippen LogP contribution in [0.1, 0.15) is 52.9 Å². The molecule has 0 bridgehead atoms. The topological polar surface area (TPSA) is 69.9 Å². The Kier molecular flexibility index (Phi) is 10.9. The van der Waals surface area contributed by atoms with Crippen molar-refractivity contribution in [2.24, 2.45) is 0 Å². The number of hydrogen-bond acceptors (Lipinski definition) is 4. The van der Waals surface area contributed by atoms with E-state index in [-0.39, 0.29) is 24.0 Å². The standard InChI is InChI=1S/C29H42O4Si/c1-6-14-23(30)20-24(31)21-25(32)22-26(15-7-2)33-34(29(3,4)5,27-16-10-8-11-17-27)28-18-12-9-13-19-28/h6-13,16-19,23-26,30-32H,1-2,14-15,20-22H2,3-5H3/t23-,24+,25+,26-/m1/s1. The molecule has 186 valence electrons. The molecule has 0 aliphatic heterocycles. The summed E-state index contributed by atoms with van der Waals surface area (Å²) in [4.78, 5) is 0. The van der Waals surface area contributed by atoms with E-state index in [1.165, 1.54) is 10.4 Å². The van der Waals surface area contributed by atoms with Crippen LogP contribution in [0.3, 0.4) is 0 Å². The van der Waals surface area contributed by atoms with E-state index < -0.39 is 26.6 Å². The first kappa shape index (κ1) is 28.2. The van der Waals surface area contributed by atoms with Crippen LogP contribution in [-0.4, -0.2) is 48.1 Å². The van der Waals surface area contributed by atoms with Crippen molar-refractivity contribution in [3.05, 3.63) is 86.0 Å². The van der Waals surface area contributed by atoms with Crippen molar-refractivity contribution >= 4 is 18.7 Å². The molecule has 0 aliphatic carbocycles. The van der Waals surface area contributed by atoms with Crippen LogP contribution in [-0.2, 0) is 4.43 Å². The highest BCUT2D eigenvalue weighted by Crippen LogP contribution is 2.38. The van der Waals surface area contributed by atoms with Crippen LogP contribution in [0.15, 0.2) is 86.0 Å². The number of benzene rings is 2. The van der Waals surface area contributed by atoms with E-state index in [4.69, 9.17) is 4.43 Å². The summed E-state index contributed by atoms with van der Waals surface area (Å²) in [5.74, 6) is 0. The van der Waals surface area contributed by atoms with Crippen molar-refractivity contribution in [1.82, 2.24) is 0 Å². The van der Waals surface area contributed by atoms with Gasteiger partial charge in [0.25, 0.3) is 8.32 Å². The predicted molar refractivity (Wildman–Crippen MR) is 144 cm³/mol. The molecule has 0 aromatic heterocycles. The van der Waals surface area contributed by atoms with Crippen molar-refractivity contribution in [2.45, 2.75) is 82.3 Å². The lowest BCUT2D eigenvalue weighted by molar-refractivity contribution is 0.0225. The summed E-state index contributed by atoms with van der Waals surface area (Å²) in [7, 11) is -2.77. The molecule has 3 N–H and O–H groups in total. The second kappa shape index (κ2) is 13.2. The van der Waals surface area contributed by atoms with Gasteiger partial charge in [-0.1, -0.05) is 93.6 Å². The molecule has 5 heteroatoms. The average molecular weight is 483 g/mol. The summed E-state index contributed by atoms with van der Waals surface area (Å²) in [5, 5.41) is 33.4. The first-order valence-corrected chi connectivity index (χ1v) is 14.1. The van der Waals surface area contributed by atoms with Crippen LogP contribution in [0.2, 0.25) is 5.04 Å². The van der Waals surface area contributed by atoms with Gasteiger partial charge in [0.15, 0.2) is 0 Å². The summed E-state index contributed by atoms with van der Waals surface area (Å²) < 4.78 is 7.15. The van der Waals surface area contributed by atoms with E-state index in [0.29, 0.717) is 19.3 Å². The van der Waals surface area contributed by atoms with Crippen molar-refractivity contribution < 1.29 is 19.7 Å². The zero-order valence-corrected chi connectivity index (χ0v) is 21.9. The highest BCUT2D eigenvalue weighted by molar-refractivity contribution is 6.99. The van der Waals surface area contributed by atoms with Gasteiger partial charge in [0, 0.05) is 0 Å². The van der Waals surface area contributed by atoms with Gasteiger partial charge in [-0.2, -0.15) is 0 Å². The molecule has 0 unspecified atom stereocenters. The fourth-order valence-electron chi connectivity index (χ4n) is 4.73. The molecule has 34 heavy (non-hydrogen) atoms. The number of aliphatic hydroxyl groups excluding tert-OH is 3. The minimum atomic E-state index is -2.77. The van der Waals surface area contributed by atoms with Gasteiger partial charge in [-0.25, -0.2) is 0 Å². The Labute approximate surface area is 206 Å². The first-order chi connectivity index (χ1) is 16.1. The Hall–Kier alpha value is -2.02. The Morgan fingerprint density at radius 2 is 1.18 bits per heavy atom.